The number of aliphatic carboxylic acids is 1. The molecule has 0 atom stereocenters. The zero-order valence-electron chi connectivity index (χ0n) is 8.63. The molecule has 0 radical (unpaired) electrons. The van der Waals surface area contributed by atoms with Crippen LogP contribution in [0.15, 0.2) is 12.2 Å². The molecule has 0 saturated heterocycles. The van der Waals surface area contributed by atoms with Crippen molar-refractivity contribution in [2.75, 3.05) is 0 Å². The number of rotatable bonds is 3. The first-order valence-corrected chi connectivity index (χ1v) is 4.02. The van der Waals surface area contributed by atoms with Gasteiger partial charge in [-0.05, 0) is 20.8 Å². The van der Waals surface area contributed by atoms with Crippen molar-refractivity contribution >= 4 is 11.9 Å². The smallest absolute Gasteiger partial charge is 0.379 e. The molecule has 0 aliphatic carbocycles. The summed E-state index contributed by atoms with van der Waals surface area (Å²) >= 11 is 0. The molecule has 0 aromatic rings. The molecule has 0 rings (SSSR count). The second-order valence-electron chi connectivity index (χ2n) is 3.86. The maximum absolute atomic E-state index is 12.8. The Bertz CT molecular complexity index is 302. The van der Waals surface area contributed by atoms with E-state index in [1.165, 1.54) is 20.8 Å². The van der Waals surface area contributed by atoms with Crippen LogP contribution in [-0.2, 0) is 14.3 Å². The van der Waals surface area contributed by atoms with Crippen LogP contribution >= 0.6 is 0 Å². The molecule has 1 N–H and O–H groups in total. The molecule has 0 spiro atoms. The summed E-state index contributed by atoms with van der Waals surface area (Å²) in [6.07, 6.45) is 0. The lowest BCUT2D eigenvalue weighted by atomic mass is 10.1. The highest BCUT2D eigenvalue weighted by Crippen LogP contribution is 2.25. The average molecular weight is 222 g/mol. The quantitative estimate of drug-likeness (QED) is 0.582. The van der Waals surface area contributed by atoms with E-state index in [1.54, 1.807) is 0 Å². The molecular weight excluding hydrogens is 210 g/mol. The number of alkyl halides is 2. The summed E-state index contributed by atoms with van der Waals surface area (Å²) in [7, 11) is 0. The summed E-state index contributed by atoms with van der Waals surface area (Å²) in [5.41, 5.74) is -2.36. The molecule has 0 fully saturated rings. The third kappa shape index (κ3) is 3.65. The molecule has 0 aromatic heterocycles. The zero-order chi connectivity index (χ0) is 12.4. The van der Waals surface area contributed by atoms with E-state index in [1.807, 2.05) is 0 Å². The summed E-state index contributed by atoms with van der Waals surface area (Å²) in [6, 6.07) is 0. The van der Waals surface area contributed by atoms with Crippen molar-refractivity contribution in [3.05, 3.63) is 12.2 Å². The van der Waals surface area contributed by atoms with E-state index in [0.29, 0.717) is 0 Å². The minimum atomic E-state index is -4.30. The van der Waals surface area contributed by atoms with Crippen molar-refractivity contribution in [2.45, 2.75) is 32.3 Å². The Morgan fingerprint density at radius 1 is 1.27 bits per heavy atom. The fourth-order valence-corrected chi connectivity index (χ4v) is 0.597. The molecule has 6 heteroatoms. The summed E-state index contributed by atoms with van der Waals surface area (Å²) in [5.74, 6) is -8.16. The van der Waals surface area contributed by atoms with E-state index in [9.17, 15) is 18.4 Å². The first kappa shape index (κ1) is 13.5. The first-order chi connectivity index (χ1) is 6.48. The van der Waals surface area contributed by atoms with Crippen LogP contribution in [-0.4, -0.2) is 28.6 Å². The van der Waals surface area contributed by atoms with Crippen LogP contribution in [0.4, 0.5) is 8.78 Å². The van der Waals surface area contributed by atoms with Gasteiger partial charge in [0.2, 0.25) is 0 Å². The monoisotopic (exact) mass is 222 g/mol. The number of hydrogen-bond donors (Lipinski definition) is 1. The number of carbonyl (C=O) groups excluding carboxylic acids is 1. The highest BCUT2D eigenvalue weighted by molar-refractivity contribution is 5.97. The molecule has 0 heterocycles. The standard InChI is InChI=1S/C9H12F2O4/c1-5(9(10,11)7(13)14)6(12)15-8(2,3)4/h1H2,2-4H3,(H,13,14). The topological polar surface area (TPSA) is 63.6 Å². The SMILES string of the molecule is C=C(C(=O)OC(C)(C)C)C(F)(F)C(=O)O. The largest absolute Gasteiger partial charge is 0.477 e. The Morgan fingerprint density at radius 2 is 1.67 bits per heavy atom. The van der Waals surface area contributed by atoms with E-state index in [4.69, 9.17) is 5.11 Å². The number of carboxylic acids is 1. The van der Waals surface area contributed by atoms with E-state index in [0.717, 1.165) is 0 Å². The Labute approximate surface area is 85.5 Å². The van der Waals surface area contributed by atoms with Gasteiger partial charge in [0, 0.05) is 0 Å². The second-order valence-corrected chi connectivity index (χ2v) is 3.86. The van der Waals surface area contributed by atoms with Gasteiger partial charge in [0.1, 0.15) is 11.2 Å². The van der Waals surface area contributed by atoms with Crippen LogP contribution in [0.1, 0.15) is 20.8 Å². The predicted octanol–water partition coefficient (Wildman–Crippen LogP) is 1.60. The molecule has 0 bridgehead atoms. The molecule has 0 saturated carbocycles. The van der Waals surface area contributed by atoms with Gasteiger partial charge in [0.05, 0.1) is 0 Å². The highest BCUT2D eigenvalue weighted by atomic mass is 19.3. The van der Waals surface area contributed by atoms with Crippen molar-refractivity contribution < 1.29 is 28.2 Å². The number of carbonyl (C=O) groups is 2. The Morgan fingerprint density at radius 3 is 1.93 bits per heavy atom. The van der Waals surface area contributed by atoms with Crippen LogP contribution in [0.25, 0.3) is 0 Å². The van der Waals surface area contributed by atoms with Crippen molar-refractivity contribution in [1.82, 2.24) is 0 Å². The van der Waals surface area contributed by atoms with Gasteiger partial charge in [-0.2, -0.15) is 8.78 Å². The van der Waals surface area contributed by atoms with Crippen molar-refractivity contribution in [1.29, 1.82) is 0 Å². The van der Waals surface area contributed by atoms with Gasteiger partial charge in [0.15, 0.2) is 0 Å². The number of ether oxygens (including phenoxy) is 1. The Balaban J connectivity index is 4.75. The lowest BCUT2D eigenvalue weighted by Gasteiger charge is -2.21. The molecule has 0 aromatic carbocycles. The molecule has 15 heavy (non-hydrogen) atoms. The lowest BCUT2D eigenvalue weighted by Crippen LogP contribution is -2.37. The van der Waals surface area contributed by atoms with Gasteiger partial charge < -0.3 is 9.84 Å². The molecule has 0 aliphatic heterocycles. The van der Waals surface area contributed by atoms with Gasteiger partial charge in [0.25, 0.3) is 0 Å². The minimum absolute atomic E-state index is 0.978. The van der Waals surface area contributed by atoms with Crippen LogP contribution in [0.5, 0.6) is 0 Å². The van der Waals surface area contributed by atoms with Gasteiger partial charge >= 0.3 is 17.9 Å². The highest BCUT2D eigenvalue weighted by Gasteiger charge is 2.46. The third-order valence-corrected chi connectivity index (χ3v) is 1.29. The summed E-state index contributed by atoms with van der Waals surface area (Å²) in [4.78, 5) is 21.2. The van der Waals surface area contributed by atoms with Gasteiger partial charge in [-0.3, -0.25) is 0 Å². The Hall–Kier alpha value is -1.46. The average Bonchev–Trinajstić information content (AvgIpc) is 1.99. The van der Waals surface area contributed by atoms with Gasteiger partial charge in [-0.1, -0.05) is 6.58 Å². The Kier molecular flexibility index (Phi) is 3.57. The van der Waals surface area contributed by atoms with Crippen LogP contribution in [0.2, 0.25) is 0 Å². The summed E-state index contributed by atoms with van der Waals surface area (Å²) in [5, 5.41) is 8.14. The number of carboxylic acid groups (broad SMARTS) is 1. The van der Waals surface area contributed by atoms with Crippen molar-refractivity contribution in [2.24, 2.45) is 0 Å². The third-order valence-electron chi connectivity index (χ3n) is 1.29. The molecule has 0 unspecified atom stereocenters. The molecule has 86 valence electrons. The fraction of sp³-hybridized carbons (Fsp3) is 0.556. The van der Waals surface area contributed by atoms with Crippen LogP contribution < -0.4 is 0 Å². The molecule has 0 amide bonds. The number of halogens is 2. The second kappa shape index (κ2) is 3.96. The molecule has 0 aliphatic rings. The van der Waals surface area contributed by atoms with Gasteiger partial charge in [-0.25, -0.2) is 9.59 Å². The van der Waals surface area contributed by atoms with Crippen LogP contribution in [0, 0.1) is 0 Å². The first-order valence-electron chi connectivity index (χ1n) is 4.02. The zero-order valence-corrected chi connectivity index (χ0v) is 8.63. The summed E-state index contributed by atoms with van der Waals surface area (Å²) in [6.45, 7) is 7.13. The van der Waals surface area contributed by atoms with E-state index >= 15 is 0 Å². The normalized spacial score (nSPS) is 12.1. The fourth-order valence-electron chi connectivity index (χ4n) is 0.597. The molecular formula is C9H12F2O4. The van der Waals surface area contributed by atoms with E-state index in [-0.39, 0.29) is 0 Å². The lowest BCUT2D eigenvalue weighted by molar-refractivity contribution is -0.167. The minimum Gasteiger partial charge on any atom is -0.477 e. The van der Waals surface area contributed by atoms with Crippen LogP contribution in [0.3, 0.4) is 0 Å². The van der Waals surface area contributed by atoms with Crippen molar-refractivity contribution in [3.63, 3.8) is 0 Å². The predicted molar refractivity (Wildman–Crippen MR) is 47.6 cm³/mol. The van der Waals surface area contributed by atoms with E-state index < -0.39 is 29.0 Å². The molecule has 4 nitrogen and oxygen atoms in total. The van der Waals surface area contributed by atoms with E-state index in [2.05, 4.69) is 11.3 Å². The number of hydrogen-bond acceptors (Lipinski definition) is 3. The van der Waals surface area contributed by atoms with Gasteiger partial charge in [-0.15, -0.1) is 0 Å². The maximum atomic E-state index is 12.8. The maximum Gasteiger partial charge on any atom is 0.379 e. The van der Waals surface area contributed by atoms with Crippen molar-refractivity contribution in [3.8, 4) is 0 Å². The summed E-state index contributed by atoms with van der Waals surface area (Å²) < 4.78 is 30.1. The number of esters is 1.